The number of halogens is 3. The summed E-state index contributed by atoms with van der Waals surface area (Å²) in [4.78, 5) is 12.3. The molecule has 4 aromatic rings. The van der Waals surface area contributed by atoms with E-state index in [-0.39, 0.29) is 17.4 Å². The minimum absolute atomic E-state index is 0.141. The van der Waals surface area contributed by atoms with Crippen molar-refractivity contribution in [2.75, 3.05) is 17.5 Å². The van der Waals surface area contributed by atoms with Gasteiger partial charge in [-0.2, -0.15) is 0 Å². The summed E-state index contributed by atoms with van der Waals surface area (Å²) in [6.45, 7) is 3.87. The fourth-order valence-corrected chi connectivity index (χ4v) is 6.23. The van der Waals surface area contributed by atoms with E-state index in [0.717, 1.165) is 28.1 Å². The lowest BCUT2D eigenvalue weighted by atomic mass is 10.1. The van der Waals surface area contributed by atoms with Crippen molar-refractivity contribution >= 4 is 39.3 Å². The second-order valence-corrected chi connectivity index (χ2v) is 12.0. The Kier molecular flexibility index (Phi) is 10.6. The second kappa shape index (κ2) is 14.3. The Morgan fingerprint density at radius 1 is 0.977 bits per heavy atom. The number of sulfonamides is 1. The molecular formula is C33H31ClF2N2O4S. The molecule has 0 heterocycles. The zero-order valence-corrected chi connectivity index (χ0v) is 25.2. The van der Waals surface area contributed by atoms with E-state index in [1.165, 1.54) is 24.3 Å². The van der Waals surface area contributed by atoms with Crippen LogP contribution in [-0.2, 0) is 14.8 Å². The summed E-state index contributed by atoms with van der Waals surface area (Å²) < 4.78 is 64.0. The molecule has 1 amide bonds. The van der Waals surface area contributed by atoms with Gasteiger partial charge in [-0.25, -0.2) is 17.2 Å². The van der Waals surface area contributed by atoms with Crippen LogP contribution in [0.3, 0.4) is 0 Å². The highest BCUT2D eigenvalue weighted by Crippen LogP contribution is 2.38. The number of carbonyl (C=O) groups excluding carboxylic acids is 1. The van der Waals surface area contributed by atoms with Gasteiger partial charge in [-0.1, -0.05) is 60.1 Å². The van der Waals surface area contributed by atoms with Crippen molar-refractivity contribution in [3.63, 3.8) is 0 Å². The van der Waals surface area contributed by atoms with Gasteiger partial charge in [-0.15, -0.1) is 0 Å². The Labute approximate surface area is 255 Å². The van der Waals surface area contributed by atoms with Crippen LogP contribution in [0.5, 0.6) is 5.75 Å². The maximum absolute atomic E-state index is 15.1. The van der Waals surface area contributed by atoms with Gasteiger partial charge in [0.1, 0.15) is 17.4 Å². The largest absolute Gasteiger partial charge is 0.493 e. The van der Waals surface area contributed by atoms with Crippen LogP contribution in [0.4, 0.5) is 14.5 Å². The molecule has 0 aliphatic rings. The lowest BCUT2D eigenvalue weighted by Gasteiger charge is -2.32. The predicted octanol–water partition coefficient (Wildman–Crippen LogP) is 7.56. The average molecular weight is 625 g/mol. The predicted molar refractivity (Wildman–Crippen MR) is 166 cm³/mol. The van der Waals surface area contributed by atoms with Crippen LogP contribution in [0.25, 0.3) is 6.08 Å². The molecule has 0 aromatic heterocycles. The minimum atomic E-state index is -4.38. The number of rotatable bonds is 12. The Morgan fingerprint density at radius 3 is 2.37 bits per heavy atom. The van der Waals surface area contributed by atoms with Gasteiger partial charge in [0.05, 0.1) is 23.2 Å². The maximum atomic E-state index is 15.1. The Hall–Kier alpha value is -4.21. The van der Waals surface area contributed by atoms with E-state index in [4.69, 9.17) is 16.3 Å². The Morgan fingerprint density at radius 2 is 1.65 bits per heavy atom. The third-order valence-electron chi connectivity index (χ3n) is 6.64. The molecule has 0 saturated carbocycles. The van der Waals surface area contributed by atoms with E-state index < -0.39 is 33.4 Å². The summed E-state index contributed by atoms with van der Waals surface area (Å²) >= 11 is 5.96. The third-order valence-corrected chi connectivity index (χ3v) is 8.79. The molecule has 0 fully saturated rings. The average Bonchev–Trinajstić information content (AvgIpc) is 2.99. The summed E-state index contributed by atoms with van der Waals surface area (Å²) in [6.07, 6.45) is 2.27. The lowest BCUT2D eigenvalue weighted by molar-refractivity contribution is -0.117. The molecule has 0 saturated heterocycles. The molecule has 43 heavy (non-hydrogen) atoms. The molecule has 224 valence electrons. The Balaban J connectivity index is 1.51. The quantitative estimate of drug-likeness (QED) is 0.130. The van der Waals surface area contributed by atoms with Crippen LogP contribution in [0, 0.1) is 11.6 Å². The fourth-order valence-electron chi connectivity index (χ4n) is 4.46. The SMILES string of the molecule is CC(=Cc1ccccc1)C(=O)NCCCOc1ccccc1C(C)N(c1cc(F)ccc1F)S(=O)(=O)c1ccc(Cl)cc1. The summed E-state index contributed by atoms with van der Waals surface area (Å²) in [7, 11) is -4.38. The van der Waals surface area contributed by atoms with Crippen LogP contribution < -0.4 is 14.4 Å². The summed E-state index contributed by atoms with van der Waals surface area (Å²) in [6, 6.07) is 23.4. The number of para-hydroxylation sites is 1. The highest BCUT2D eigenvalue weighted by molar-refractivity contribution is 7.92. The van der Waals surface area contributed by atoms with Gasteiger partial charge in [0.25, 0.3) is 10.0 Å². The van der Waals surface area contributed by atoms with Gasteiger partial charge in [0.2, 0.25) is 5.91 Å². The standard InChI is InChI=1S/C33H31ClF2N2O4S/c1-23(21-25-9-4-3-5-10-25)33(39)37-19-8-20-42-32-12-7-6-11-29(32)24(2)38(31-22-27(35)15-18-30(31)36)43(40,41)28-16-13-26(34)14-17-28/h3-7,9-18,21-22,24H,8,19-20H2,1-2H3,(H,37,39). The van der Waals surface area contributed by atoms with Gasteiger partial charge in [0, 0.05) is 28.8 Å². The number of nitrogens with zero attached hydrogens (tertiary/aromatic N) is 1. The first kappa shape index (κ1) is 31.7. The zero-order valence-electron chi connectivity index (χ0n) is 23.6. The van der Waals surface area contributed by atoms with E-state index >= 15 is 4.39 Å². The number of anilines is 1. The summed E-state index contributed by atoms with van der Waals surface area (Å²) in [5, 5.41) is 3.18. The van der Waals surface area contributed by atoms with Crippen molar-refractivity contribution < 1.29 is 26.7 Å². The first-order valence-corrected chi connectivity index (χ1v) is 15.4. The summed E-state index contributed by atoms with van der Waals surface area (Å²) in [5.74, 6) is -1.52. The normalized spacial score (nSPS) is 12.4. The van der Waals surface area contributed by atoms with Crippen LogP contribution in [-0.4, -0.2) is 27.5 Å². The van der Waals surface area contributed by atoms with Crippen LogP contribution in [0.1, 0.15) is 37.4 Å². The number of hydrogen-bond donors (Lipinski definition) is 1. The highest BCUT2D eigenvalue weighted by atomic mass is 35.5. The van der Waals surface area contributed by atoms with E-state index in [1.54, 1.807) is 44.2 Å². The first-order chi connectivity index (χ1) is 20.6. The van der Waals surface area contributed by atoms with Crippen molar-refractivity contribution in [1.82, 2.24) is 5.32 Å². The molecule has 0 radical (unpaired) electrons. The molecule has 1 atom stereocenters. The van der Waals surface area contributed by atoms with Crippen LogP contribution in [0.15, 0.2) is 108 Å². The van der Waals surface area contributed by atoms with E-state index in [1.807, 2.05) is 30.3 Å². The van der Waals surface area contributed by atoms with Gasteiger partial charge in [0.15, 0.2) is 0 Å². The number of ether oxygens (including phenoxy) is 1. The van der Waals surface area contributed by atoms with Crippen LogP contribution >= 0.6 is 11.6 Å². The number of nitrogens with one attached hydrogen (secondary N) is 1. The molecule has 4 rings (SSSR count). The van der Waals surface area contributed by atoms with Crippen molar-refractivity contribution in [2.45, 2.75) is 31.2 Å². The molecule has 4 aromatic carbocycles. The topological polar surface area (TPSA) is 75.7 Å². The third kappa shape index (κ3) is 8.00. The molecule has 0 spiro atoms. The van der Waals surface area contributed by atoms with Crippen molar-refractivity contribution in [2.24, 2.45) is 0 Å². The molecule has 10 heteroatoms. The summed E-state index contributed by atoms with van der Waals surface area (Å²) in [5.41, 5.74) is 1.49. The molecule has 1 N–H and O–H groups in total. The lowest BCUT2D eigenvalue weighted by Crippen LogP contribution is -2.34. The smallest absolute Gasteiger partial charge is 0.264 e. The van der Waals surface area contributed by atoms with Crippen LogP contribution in [0.2, 0.25) is 5.02 Å². The molecule has 0 aliphatic heterocycles. The molecule has 1 unspecified atom stereocenters. The fraction of sp³-hybridized carbons (Fsp3) is 0.182. The molecule has 6 nitrogen and oxygen atoms in total. The van der Waals surface area contributed by atoms with Gasteiger partial charge < -0.3 is 10.1 Å². The number of hydrogen-bond acceptors (Lipinski definition) is 4. The van der Waals surface area contributed by atoms with Gasteiger partial charge in [-0.3, -0.25) is 9.10 Å². The van der Waals surface area contributed by atoms with Crippen molar-refractivity contribution in [3.05, 3.63) is 130 Å². The number of amides is 1. The van der Waals surface area contributed by atoms with Gasteiger partial charge >= 0.3 is 0 Å². The van der Waals surface area contributed by atoms with E-state index in [2.05, 4.69) is 5.32 Å². The molecule has 0 bridgehead atoms. The first-order valence-electron chi connectivity index (χ1n) is 13.6. The van der Waals surface area contributed by atoms with Crippen molar-refractivity contribution in [1.29, 1.82) is 0 Å². The number of benzene rings is 4. The second-order valence-electron chi connectivity index (χ2n) is 9.76. The monoisotopic (exact) mass is 624 g/mol. The van der Waals surface area contributed by atoms with E-state index in [0.29, 0.717) is 34.9 Å². The molecular weight excluding hydrogens is 594 g/mol. The Bertz CT molecular complexity index is 1700. The minimum Gasteiger partial charge on any atom is -0.493 e. The van der Waals surface area contributed by atoms with Crippen molar-refractivity contribution in [3.8, 4) is 5.75 Å². The maximum Gasteiger partial charge on any atom is 0.264 e. The molecule has 0 aliphatic carbocycles. The van der Waals surface area contributed by atoms with E-state index in [9.17, 15) is 17.6 Å². The zero-order chi connectivity index (χ0) is 31.0. The van der Waals surface area contributed by atoms with Gasteiger partial charge in [-0.05, 0) is 74.4 Å². The number of carbonyl (C=O) groups is 1. The highest BCUT2D eigenvalue weighted by Gasteiger charge is 2.34.